The molecule has 8 heteroatoms. The van der Waals surface area contributed by atoms with Crippen LogP contribution in [0.3, 0.4) is 0 Å². The van der Waals surface area contributed by atoms with Gasteiger partial charge in [-0.2, -0.15) is 5.26 Å². The lowest BCUT2D eigenvalue weighted by Crippen LogP contribution is -2.19. The lowest BCUT2D eigenvalue weighted by atomic mass is 9.88. The Morgan fingerprint density at radius 2 is 1.12 bits per heavy atom. The highest BCUT2D eigenvalue weighted by atomic mass is 16.5. The van der Waals surface area contributed by atoms with Crippen molar-refractivity contribution in [1.29, 1.82) is 5.26 Å². The van der Waals surface area contributed by atoms with Gasteiger partial charge in [-0.1, -0.05) is 200 Å². The molecular weight excluding hydrogens is 823 g/mol. The number of hydrogen-bond acceptors (Lipinski definition) is 7. The molecule has 0 saturated carbocycles. The zero-order valence-electron chi connectivity index (χ0n) is 45.6. The van der Waals surface area contributed by atoms with Gasteiger partial charge in [0.15, 0.2) is 12.1 Å². The highest BCUT2D eigenvalue weighted by molar-refractivity contribution is 5.98. The molecule has 0 aliphatic carbocycles. The number of Topliss-reactive ketones (excluding diaryl/α,β-unsaturated/α-hetero) is 1. The van der Waals surface area contributed by atoms with Crippen LogP contribution in [0.2, 0.25) is 0 Å². The first-order valence-electron chi connectivity index (χ1n) is 23.1. The first kappa shape index (κ1) is 68.1. The van der Waals surface area contributed by atoms with Crippen molar-refractivity contribution in [2.45, 2.75) is 197 Å². The predicted octanol–water partition coefficient (Wildman–Crippen LogP) is 15.5. The van der Waals surface area contributed by atoms with Gasteiger partial charge in [0, 0.05) is 31.1 Å². The third-order valence-electron chi connectivity index (χ3n) is 7.68. The Labute approximate surface area is 403 Å². The molecule has 66 heavy (non-hydrogen) atoms. The highest BCUT2D eigenvalue weighted by Gasteiger charge is 2.21. The molecule has 0 atom stereocenters. The van der Waals surface area contributed by atoms with E-state index >= 15 is 0 Å². The summed E-state index contributed by atoms with van der Waals surface area (Å²) in [6, 6.07) is 21.5. The molecule has 3 N–H and O–H groups in total. The molecule has 0 aliphatic rings. The fourth-order valence-electron chi connectivity index (χ4n) is 5.02. The van der Waals surface area contributed by atoms with Crippen LogP contribution in [0, 0.1) is 61.6 Å². The summed E-state index contributed by atoms with van der Waals surface area (Å²) in [6.07, 6.45) is 10.7. The second-order valence-electron chi connectivity index (χ2n) is 25.1. The summed E-state index contributed by atoms with van der Waals surface area (Å²) in [5, 5.41) is 34.1. The fraction of sp³-hybridized carbons (Fsp3) is 0.621. The van der Waals surface area contributed by atoms with Gasteiger partial charge >= 0.3 is 11.6 Å². The Balaban J connectivity index is -0.000000354. The smallest absolute Gasteiger partial charge is 0.347 e. The molecule has 374 valence electrons. The topological polar surface area (TPSA) is 149 Å². The van der Waals surface area contributed by atoms with Gasteiger partial charge in [-0.05, 0) is 68.4 Å². The van der Waals surface area contributed by atoms with Crippen molar-refractivity contribution in [3.05, 3.63) is 94.9 Å². The zero-order chi connectivity index (χ0) is 53.0. The van der Waals surface area contributed by atoms with E-state index in [0.717, 1.165) is 24.6 Å². The van der Waals surface area contributed by atoms with Gasteiger partial charge in [-0.3, -0.25) is 9.59 Å². The number of fused-ring (bicyclic) bond motifs is 1. The van der Waals surface area contributed by atoms with Crippen LogP contribution in [-0.4, -0.2) is 33.4 Å². The van der Waals surface area contributed by atoms with Crippen molar-refractivity contribution in [1.82, 2.24) is 0 Å². The van der Waals surface area contributed by atoms with Gasteiger partial charge in [-0.15, -0.1) is 18.9 Å². The van der Waals surface area contributed by atoms with Crippen LogP contribution in [-0.2, 0) is 11.2 Å². The number of carboxylic acid groups (broad SMARTS) is 1. The second-order valence-corrected chi connectivity index (χ2v) is 25.1. The molecule has 0 saturated heterocycles. The summed E-state index contributed by atoms with van der Waals surface area (Å²) in [6.45, 7) is 47.1. The van der Waals surface area contributed by atoms with Crippen LogP contribution in [0.25, 0.3) is 11.0 Å². The summed E-state index contributed by atoms with van der Waals surface area (Å²) in [5.74, 6) is 1.72. The number of benzene rings is 2. The molecule has 3 rings (SSSR count). The zero-order valence-corrected chi connectivity index (χ0v) is 45.6. The van der Waals surface area contributed by atoms with Gasteiger partial charge < -0.3 is 19.7 Å². The number of nitrogens with zero attached hydrogens (tertiary/aromatic N) is 1. The number of rotatable bonds is 6. The van der Waals surface area contributed by atoms with E-state index in [1.807, 2.05) is 80.5 Å². The molecule has 0 aliphatic heterocycles. The van der Waals surface area contributed by atoms with Crippen molar-refractivity contribution in [3.63, 3.8) is 0 Å². The predicted molar refractivity (Wildman–Crippen MR) is 281 cm³/mol. The maximum absolute atomic E-state index is 12.1. The monoisotopic (exact) mass is 918 g/mol. The Morgan fingerprint density at radius 1 is 0.667 bits per heavy atom. The minimum atomic E-state index is -1.16. The number of allylic oxidation sites excluding steroid dienone is 1. The quantitative estimate of drug-likeness (QED) is 0.0727. The summed E-state index contributed by atoms with van der Waals surface area (Å²) in [4.78, 5) is 33.9. The molecule has 1 aromatic heterocycles. The number of aliphatic hydroxyl groups excluding tert-OH is 1. The largest absolute Gasteiger partial charge is 0.481 e. The van der Waals surface area contributed by atoms with Gasteiger partial charge in [0.1, 0.15) is 11.1 Å². The maximum atomic E-state index is 12.1. The molecule has 3 aromatic rings. The third kappa shape index (κ3) is 52.1. The van der Waals surface area contributed by atoms with Gasteiger partial charge in [0.05, 0.1) is 12.5 Å². The average molecular weight is 918 g/mol. The number of nitriles is 1. The van der Waals surface area contributed by atoms with E-state index in [-0.39, 0.29) is 39.4 Å². The lowest BCUT2D eigenvalue weighted by molar-refractivity contribution is -0.139. The molecule has 0 spiro atoms. The van der Waals surface area contributed by atoms with Gasteiger partial charge in [0.2, 0.25) is 0 Å². The van der Waals surface area contributed by atoms with E-state index < -0.39 is 17.9 Å². The maximum Gasteiger partial charge on any atom is 0.347 e. The number of carboxylic acids is 1. The summed E-state index contributed by atoms with van der Waals surface area (Å²) in [7, 11) is 0. The van der Waals surface area contributed by atoms with Crippen molar-refractivity contribution in [3.8, 4) is 18.4 Å². The second kappa shape index (κ2) is 31.5. The number of hydrogen-bond donors (Lipinski definition) is 3. The molecule has 0 fully saturated rings. The summed E-state index contributed by atoms with van der Waals surface area (Å²) >= 11 is 0. The van der Waals surface area contributed by atoms with Crippen molar-refractivity contribution in [2.24, 2.45) is 37.9 Å². The number of carbonyl (C=O) groups excluding carboxylic acids is 1. The number of para-hydroxylation sites is 1. The van der Waals surface area contributed by atoms with E-state index in [0.29, 0.717) is 41.1 Å². The Hall–Kier alpha value is -4.50. The molecular formula is C58H95NO7. The number of aliphatic carboxylic acids is 1. The van der Waals surface area contributed by atoms with E-state index in [1.54, 1.807) is 18.2 Å². The molecule has 0 amide bonds. The highest BCUT2D eigenvalue weighted by Crippen LogP contribution is 2.23. The Morgan fingerprint density at radius 3 is 1.38 bits per heavy atom. The minimum Gasteiger partial charge on any atom is -0.481 e. The minimum absolute atomic E-state index is 0.0220. The normalized spacial score (nSPS) is 11.5. The lowest BCUT2D eigenvalue weighted by Gasteiger charge is -2.18. The fourth-order valence-corrected chi connectivity index (χ4v) is 5.02. The standard InChI is InChI=1S/C15H16O3.C11H16.C7H14.C7H12.C6H11N.C6H14O2.C6H12O2/c1-15(2,3)9-12(16)11-8-10-6-4-5-7-13(10)18-14(11)17;1-11(2,3)9-10-7-5-4-6-8-10;2*1-5-6-7(2,3)4;1-6(2,3)4-5-7;2*1-6(2,3)4-5(7)8/h4-8H,9H2,1-3H3;4-8H,9H2,1-3H3;5H,1,6H2,2-4H3;1H,6H2,2-4H3;4H2,1-3H3;5,7-8H,4H2,1-3H3;4H2,1-3H3,(H,7,8). The number of aliphatic hydroxyl groups is 2. The first-order chi connectivity index (χ1) is 29.5. The molecule has 2 aromatic carbocycles. The van der Waals surface area contributed by atoms with Crippen LogP contribution in [0.5, 0.6) is 0 Å². The number of terminal acetylenes is 1. The SMILES string of the molecule is C#CCC(C)(C)C.C=CCC(C)(C)C.CC(C)(C)CC#N.CC(C)(C)CC(=O)O.CC(C)(C)CC(=O)c1cc2ccccc2oc1=O.CC(C)(C)CC(O)O.CC(C)(C)Cc1ccccc1. The van der Waals surface area contributed by atoms with E-state index in [4.69, 9.17) is 31.4 Å². The number of ketones is 1. The van der Waals surface area contributed by atoms with Crippen LogP contribution in [0.1, 0.15) is 200 Å². The van der Waals surface area contributed by atoms with Crippen molar-refractivity contribution < 1.29 is 29.3 Å². The Kier molecular flexibility index (Phi) is 32.5. The van der Waals surface area contributed by atoms with Crippen molar-refractivity contribution in [2.75, 3.05) is 0 Å². The van der Waals surface area contributed by atoms with Gasteiger partial charge in [-0.25, -0.2) is 4.79 Å². The summed E-state index contributed by atoms with van der Waals surface area (Å²) < 4.78 is 5.15. The van der Waals surface area contributed by atoms with Crippen molar-refractivity contribution >= 4 is 22.7 Å². The van der Waals surface area contributed by atoms with E-state index in [2.05, 4.69) is 132 Å². The molecule has 1 heterocycles. The number of carbonyl (C=O) groups is 2. The molecule has 0 unspecified atom stereocenters. The molecule has 0 bridgehead atoms. The van der Waals surface area contributed by atoms with Gasteiger partial charge in [0.25, 0.3) is 0 Å². The molecule has 8 nitrogen and oxygen atoms in total. The van der Waals surface area contributed by atoms with E-state index in [1.165, 1.54) is 5.56 Å². The van der Waals surface area contributed by atoms with E-state index in [9.17, 15) is 14.4 Å². The van der Waals surface area contributed by atoms with Crippen LogP contribution >= 0.6 is 0 Å². The summed E-state index contributed by atoms with van der Waals surface area (Å²) in [5.41, 5.74) is 2.67. The third-order valence-corrected chi connectivity index (χ3v) is 7.68. The average Bonchev–Trinajstić information content (AvgIpc) is 3.05. The first-order valence-corrected chi connectivity index (χ1v) is 23.1. The van der Waals surface area contributed by atoms with Crippen LogP contribution < -0.4 is 5.63 Å². The Bertz CT molecular complexity index is 1900. The van der Waals surface area contributed by atoms with Crippen LogP contribution in [0.15, 0.2) is 82.5 Å². The molecule has 0 radical (unpaired) electrons. The van der Waals surface area contributed by atoms with Crippen LogP contribution in [0.4, 0.5) is 0 Å².